The van der Waals surface area contributed by atoms with Crippen LogP contribution in [0.4, 0.5) is 0 Å². The third-order valence-corrected chi connectivity index (χ3v) is 4.35. The molecule has 0 aromatic carbocycles. The van der Waals surface area contributed by atoms with Gasteiger partial charge in [-0.15, -0.1) is 11.6 Å². The highest BCUT2D eigenvalue weighted by atomic mass is 32.2. The van der Waals surface area contributed by atoms with Gasteiger partial charge in [-0.1, -0.05) is 19.9 Å². The van der Waals surface area contributed by atoms with Crippen LogP contribution in [0.3, 0.4) is 0 Å². The molecule has 0 radical (unpaired) electrons. The summed E-state index contributed by atoms with van der Waals surface area (Å²) in [5.74, 6) is -0.00486. The smallest absolute Gasteiger partial charge is 0.197 e. The maximum atomic E-state index is 11.9. The first-order valence-corrected chi connectivity index (χ1v) is 7.30. The van der Waals surface area contributed by atoms with E-state index in [0.29, 0.717) is 6.61 Å². The van der Waals surface area contributed by atoms with E-state index in [1.807, 2.05) is 46.6 Å². The Hall–Kier alpha value is -0.650. The number of carbonyl (C=O) groups is 1. The molecule has 0 fully saturated rings. The molecule has 0 spiro atoms. The van der Waals surface area contributed by atoms with E-state index in [1.165, 1.54) is 11.8 Å². The van der Waals surface area contributed by atoms with Gasteiger partial charge >= 0.3 is 0 Å². The highest BCUT2D eigenvalue weighted by Crippen LogP contribution is 2.39. The molecule has 0 bridgehead atoms. The fourth-order valence-electron chi connectivity index (χ4n) is 2.01. The van der Waals surface area contributed by atoms with Gasteiger partial charge in [-0.2, -0.15) is 0 Å². The molecule has 0 amide bonds. The molecule has 5 heteroatoms. The SMILES string of the molecule is C=CCON1C(C)(C)N=C(SC(=O)C(C)C)C1(C)C. The summed E-state index contributed by atoms with van der Waals surface area (Å²) < 4.78 is 0. The number of carbonyl (C=O) groups excluding carboxylic acids is 1. The third kappa shape index (κ3) is 3.46. The fraction of sp³-hybridized carbons (Fsp3) is 0.714. The van der Waals surface area contributed by atoms with Crippen molar-refractivity contribution in [1.82, 2.24) is 5.06 Å². The van der Waals surface area contributed by atoms with Crippen LogP contribution >= 0.6 is 11.8 Å². The average Bonchev–Trinajstić information content (AvgIpc) is 2.43. The summed E-state index contributed by atoms with van der Waals surface area (Å²) in [5, 5.41) is 2.78. The molecule has 0 N–H and O–H groups in total. The van der Waals surface area contributed by atoms with Gasteiger partial charge in [-0.3, -0.25) is 14.6 Å². The van der Waals surface area contributed by atoms with Gasteiger partial charge < -0.3 is 0 Å². The fourth-order valence-corrected chi connectivity index (χ4v) is 3.04. The highest BCUT2D eigenvalue weighted by Gasteiger charge is 2.49. The molecule has 1 aliphatic rings. The Balaban J connectivity index is 2.95. The molecule has 0 saturated heterocycles. The van der Waals surface area contributed by atoms with Crippen molar-refractivity contribution in [2.24, 2.45) is 10.9 Å². The molecule has 0 unspecified atom stereocenters. The van der Waals surface area contributed by atoms with Crippen LogP contribution < -0.4 is 0 Å². The maximum Gasteiger partial charge on any atom is 0.197 e. The van der Waals surface area contributed by atoms with Gasteiger partial charge in [-0.25, -0.2) is 0 Å². The van der Waals surface area contributed by atoms with Crippen molar-refractivity contribution < 1.29 is 9.63 Å². The Morgan fingerprint density at radius 2 is 2.05 bits per heavy atom. The van der Waals surface area contributed by atoms with E-state index < -0.39 is 11.2 Å². The van der Waals surface area contributed by atoms with Crippen LogP contribution in [-0.2, 0) is 9.63 Å². The van der Waals surface area contributed by atoms with E-state index in [-0.39, 0.29) is 11.0 Å². The Morgan fingerprint density at radius 3 is 2.53 bits per heavy atom. The standard InChI is InChI=1S/C14H24N2O2S/c1-8-9-18-16-13(4,5)12(15-14(16,6)7)19-11(17)10(2)3/h8,10H,1,9H2,2-7H3. The van der Waals surface area contributed by atoms with E-state index in [1.54, 1.807) is 6.08 Å². The van der Waals surface area contributed by atoms with Gasteiger partial charge in [0.2, 0.25) is 0 Å². The third-order valence-electron chi connectivity index (χ3n) is 2.89. The van der Waals surface area contributed by atoms with E-state index in [4.69, 9.17) is 4.84 Å². The minimum Gasteiger partial charge on any atom is -0.292 e. The van der Waals surface area contributed by atoms with Gasteiger partial charge in [0.15, 0.2) is 5.12 Å². The second-order valence-electron chi connectivity index (χ2n) is 5.93. The Bertz CT molecular complexity index is 400. The van der Waals surface area contributed by atoms with Crippen molar-refractivity contribution in [3.63, 3.8) is 0 Å². The lowest BCUT2D eigenvalue weighted by atomic mass is 10.1. The largest absolute Gasteiger partial charge is 0.292 e. The Morgan fingerprint density at radius 1 is 1.47 bits per heavy atom. The predicted octanol–water partition coefficient (Wildman–Crippen LogP) is 3.25. The molecule has 19 heavy (non-hydrogen) atoms. The van der Waals surface area contributed by atoms with Crippen LogP contribution in [0, 0.1) is 5.92 Å². The zero-order chi connectivity index (χ0) is 14.8. The quantitative estimate of drug-likeness (QED) is 0.743. The number of hydroxylamine groups is 2. The van der Waals surface area contributed by atoms with Gasteiger partial charge in [0.25, 0.3) is 0 Å². The zero-order valence-electron chi connectivity index (χ0n) is 12.7. The molecule has 108 valence electrons. The van der Waals surface area contributed by atoms with E-state index >= 15 is 0 Å². The first kappa shape index (κ1) is 16.4. The highest BCUT2D eigenvalue weighted by molar-refractivity contribution is 8.26. The first-order valence-electron chi connectivity index (χ1n) is 6.49. The summed E-state index contributed by atoms with van der Waals surface area (Å²) in [4.78, 5) is 22.3. The van der Waals surface area contributed by atoms with Crippen LogP contribution in [0.5, 0.6) is 0 Å². The topological polar surface area (TPSA) is 41.9 Å². The van der Waals surface area contributed by atoms with Crippen molar-refractivity contribution in [2.75, 3.05) is 6.61 Å². The van der Waals surface area contributed by atoms with Crippen molar-refractivity contribution in [3.8, 4) is 0 Å². The van der Waals surface area contributed by atoms with Crippen molar-refractivity contribution in [1.29, 1.82) is 0 Å². The zero-order valence-corrected chi connectivity index (χ0v) is 13.5. The number of rotatable bonds is 4. The van der Waals surface area contributed by atoms with E-state index in [2.05, 4.69) is 11.6 Å². The molecular formula is C14H24N2O2S. The monoisotopic (exact) mass is 284 g/mol. The summed E-state index contributed by atoms with van der Waals surface area (Å²) in [6.07, 6.45) is 1.70. The van der Waals surface area contributed by atoms with E-state index in [0.717, 1.165) is 5.04 Å². The van der Waals surface area contributed by atoms with E-state index in [9.17, 15) is 4.79 Å². The molecule has 0 saturated carbocycles. The van der Waals surface area contributed by atoms with Crippen LogP contribution in [0.15, 0.2) is 17.6 Å². The van der Waals surface area contributed by atoms with Gasteiger partial charge in [0.05, 0.1) is 17.2 Å². The summed E-state index contributed by atoms with van der Waals surface area (Å²) >= 11 is 1.23. The maximum absolute atomic E-state index is 11.9. The molecule has 0 aliphatic carbocycles. The number of nitrogens with zero attached hydrogens (tertiary/aromatic N) is 2. The molecule has 0 atom stereocenters. The Kier molecular flexibility index (Phi) is 4.98. The second-order valence-corrected chi connectivity index (χ2v) is 6.92. The molecule has 1 aliphatic heterocycles. The normalized spacial score (nSPS) is 21.5. The lowest BCUT2D eigenvalue weighted by Gasteiger charge is -2.37. The minimum atomic E-state index is -0.480. The van der Waals surface area contributed by atoms with Crippen LogP contribution in [0.2, 0.25) is 0 Å². The molecule has 1 heterocycles. The van der Waals surface area contributed by atoms with Crippen LogP contribution in [0.1, 0.15) is 41.5 Å². The molecule has 4 nitrogen and oxygen atoms in total. The molecular weight excluding hydrogens is 260 g/mol. The van der Waals surface area contributed by atoms with Gasteiger partial charge in [0.1, 0.15) is 5.66 Å². The van der Waals surface area contributed by atoms with Gasteiger partial charge in [0, 0.05) is 5.92 Å². The summed E-state index contributed by atoms with van der Waals surface area (Å²) in [5.41, 5.74) is -0.895. The number of hydrogen-bond donors (Lipinski definition) is 0. The van der Waals surface area contributed by atoms with Crippen LogP contribution in [-0.4, -0.2) is 33.0 Å². The van der Waals surface area contributed by atoms with Crippen LogP contribution in [0.25, 0.3) is 0 Å². The number of aliphatic imine (C=N–C) groups is 1. The average molecular weight is 284 g/mol. The molecule has 0 aromatic heterocycles. The number of thioether (sulfide) groups is 1. The minimum absolute atomic E-state index is 0.00486. The predicted molar refractivity (Wildman–Crippen MR) is 81.0 cm³/mol. The Labute approximate surface area is 120 Å². The van der Waals surface area contributed by atoms with Gasteiger partial charge in [-0.05, 0) is 39.5 Å². The lowest BCUT2D eigenvalue weighted by Crippen LogP contribution is -2.51. The second kappa shape index (κ2) is 5.77. The summed E-state index contributed by atoms with van der Waals surface area (Å²) in [6.45, 7) is 15.9. The number of hydrogen-bond acceptors (Lipinski definition) is 5. The van der Waals surface area contributed by atoms with Crippen molar-refractivity contribution in [3.05, 3.63) is 12.7 Å². The molecule has 0 aromatic rings. The molecule has 1 rings (SSSR count). The first-order chi connectivity index (χ1) is 8.63. The summed E-state index contributed by atoms with van der Waals surface area (Å²) in [6, 6.07) is 0. The van der Waals surface area contributed by atoms with Crippen molar-refractivity contribution >= 4 is 21.9 Å². The van der Waals surface area contributed by atoms with Crippen molar-refractivity contribution in [2.45, 2.75) is 52.7 Å². The summed E-state index contributed by atoms with van der Waals surface area (Å²) in [7, 11) is 0. The lowest BCUT2D eigenvalue weighted by molar-refractivity contribution is -0.228.